The predicted molar refractivity (Wildman–Crippen MR) is 61.4 cm³/mol. The van der Waals surface area contributed by atoms with Gasteiger partial charge in [-0.3, -0.25) is 0 Å². The van der Waals surface area contributed by atoms with Gasteiger partial charge in [-0.2, -0.15) is 0 Å². The van der Waals surface area contributed by atoms with Crippen LogP contribution in [0.25, 0.3) is 0 Å². The molecule has 0 spiro atoms. The molecule has 0 aromatic rings. The molecular formula is C12H26O2. The van der Waals surface area contributed by atoms with Gasteiger partial charge in [-0.25, -0.2) is 0 Å². The van der Waals surface area contributed by atoms with Gasteiger partial charge in [0.2, 0.25) is 0 Å². The minimum Gasteiger partial charge on any atom is -0.393 e. The lowest BCUT2D eigenvalue weighted by Crippen LogP contribution is -2.03. The van der Waals surface area contributed by atoms with Gasteiger partial charge >= 0.3 is 0 Å². The number of carbonyl (C=O) groups excluding carboxylic acids is 1. The van der Waals surface area contributed by atoms with Gasteiger partial charge in [-0.05, 0) is 12.8 Å². The summed E-state index contributed by atoms with van der Waals surface area (Å²) in [6.07, 6.45) is 8.45. The Kier molecular flexibility index (Phi) is 17.4. The first-order valence-corrected chi connectivity index (χ1v) is 5.84. The first-order valence-electron chi connectivity index (χ1n) is 5.84. The summed E-state index contributed by atoms with van der Waals surface area (Å²) < 4.78 is 0. The Balaban J connectivity index is 0. The predicted octanol–water partition coefficient (Wildman–Crippen LogP) is 3.32. The second-order valence-electron chi connectivity index (χ2n) is 3.49. The Bertz CT molecular complexity index is 102. The van der Waals surface area contributed by atoms with Crippen LogP contribution in [0.3, 0.4) is 0 Å². The topological polar surface area (TPSA) is 37.3 Å². The lowest BCUT2D eigenvalue weighted by Gasteiger charge is -2.05. The number of aliphatic hydroxyl groups is 1. The van der Waals surface area contributed by atoms with E-state index in [-0.39, 0.29) is 6.10 Å². The summed E-state index contributed by atoms with van der Waals surface area (Å²) in [5, 5.41) is 9.16. The molecule has 0 radical (unpaired) electrons. The summed E-state index contributed by atoms with van der Waals surface area (Å²) in [6.45, 7) is 6.05. The Morgan fingerprint density at radius 2 is 1.71 bits per heavy atom. The molecule has 0 aromatic carbocycles. The minimum atomic E-state index is -0.0446. The molecule has 0 aliphatic rings. The Morgan fingerprint density at radius 3 is 2.07 bits per heavy atom. The molecule has 0 heterocycles. The summed E-state index contributed by atoms with van der Waals surface area (Å²) >= 11 is 0. The normalized spacial score (nSPS) is 11.4. The van der Waals surface area contributed by atoms with Crippen molar-refractivity contribution in [3.63, 3.8) is 0 Å². The second-order valence-corrected chi connectivity index (χ2v) is 3.49. The van der Waals surface area contributed by atoms with E-state index < -0.39 is 0 Å². The zero-order valence-corrected chi connectivity index (χ0v) is 9.96. The number of unbranched alkanes of at least 4 members (excludes halogenated alkanes) is 3. The maximum atomic E-state index is 9.17. The van der Waals surface area contributed by atoms with Gasteiger partial charge in [0.1, 0.15) is 6.29 Å². The summed E-state index contributed by atoms with van der Waals surface area (Å²) in [6, 6.07) is 0. The smallest absolute Gasteiger partial charge is 0.119 e. The Hall–Kier alpha value is -0.370. The van der Waals surface area contributed by atoms with Crippen molar-refractivity contribution in [1.82, 2.24) is 0 Å². The van der Waals surface area contributed by atoms with Crippen LogP contribution < -0.4 is 0 Å². The van der Waals surface area contributed by atoms with Gasteiger partial charge in [0.25, 0.3) is 0 Å². The van der Waals surface area contributed by atoms with E-state index in [1.54, 1.807) is 0 Å². The van der Waals surface area contributed by atoms with Gasteiger partial charge in [-0.1, -0.05) is 46.5 Å². The highest BCUT2D eigenvalue weighted by Gasteiger charge is 1.98. The number of rotatable bonds is 7. The number of carbonyl (C=O) groups is 1. The molecule has 0 amide bonds. The van der Waals surface area contributed by atoms with Crippen LogP contribution in [-0.2, 0) is 4.79 Å². The fourth-order valence-electron chi connectivity index (χ4n) is 1.01. The molecule has 2 nitrogen and oxygen atoms in total. The van der Waals surface area contributed by atoms with Gasteiger partial charge < -0.3 is 9.90 Å². The molecule has 0 aliphatic heterocycles. The molecule has 1 unspecified atom stereocenters. The van der Waals surface area contributed by atoms with Crippen LogP contribution in [0.2, 0.25) is 0 Å². The van der Waals surface area contributed by atoms with E-state index in [2.05, 4.69) is 6.92 Å². The first-order chi connectivity index (χ1) is 6.72. The van der Waals surface area contributed by atoms with Crippen LogP contribution in [0.15, 0.2) is 0 Å². The average molecular weight is 202 g/mol. The molecule has 0 saturated heterocycles. The highest BCUT2D eigenvalue weighted by molar-refractivity contribution is 5.48. The third kappa shape index (κ3) is 17.6. The summed E-state index contributed by atoms with van der Waals surface area (Å²) in [5.74, 6) is 0. The quantitative estimate of drug-likeness (QED) is 0.508. The van der Waals surface area contributed by atoms with Crippen LogP contribution in [0.5, 0.6) is 0 Å². The van der Waals surface area contributed by atoms with E-state index in [9.17, 15) is 4.79 Å². The molecule has 1 N–H and O–H groups in total. The van der Waals surface area contributed by atoms with Crippen LogP contribution in [0, 0.1) is 0 Å². The molecule has 14 heavy (non-hydrogen) atoms. The molecule has 0 rings (SSSR count). The van der Waals surface area contributed by atoms with E-state index in [1.165, 1.54) is 25.7 Å². The highest BCUT2D eigenvalue weighted by Crippen LogP contribution is 2.06. The molecule has 0 bridgehead atoms. The monoisotopic (exact) mass is 202 g/mol. The van der Waals surface area contributed by atoms with E-state index in [0.29, 0.717) is 6.42 Å². The molecule has 0 saturated carbocycles. The Morgan fingerprint density at radius 1 is 1.14 bits per heavy atom. The number of hydrogen-bond acceptors (Lipinski definition) is 2. The molecule has 0 fully saturated rings. The molecular weight excluding hydrogens is 176 g/mol. The standard InChI is InChI=1S/C9H20O.C3H6O/c1-3-5-6-7-8-9(10)4-2;1-2-3-4/h9-10H,3-8H2,1-2H3;3H,2H2,1H3. The van der Waals surface area contributed by atoms with Crippen molar-refractivity contribution >= 4 is 6.29 Å². The summed E-state index contributed by atoms with van der Waals surface area (Å²) in [4.78, 5) is 9.17. The third-order valence-corrected chi connectivity index (χ3v) is 2.03. The summed E-state index contributed by atoms with van der Waals surface area (Å²) in [7, 11) is 0. The largest absolute Gasteiger partial charge is 0.393 e. The summed E-state index contributed by atoms with van der Waals surface area (Å²) in [5.41, 5.74) is 0. The fourth-order valence-corrected chi connectivity index (χ4v) is 1.01. The van der Waals surface area contributed by atoms with E-state index in [4.69, 9.17) is 5.11 Å². The Labute approximate surface area is 88.7 Å². The van der Waals surface area contributed by atoms with Gasteiger partial charge in [0, 0.05) is 6.42 Å². The van der Waals surface area contributed by atoms with Crippen molar-refractivity contribution in [2.45, 2.75) is 71.8 Å². The fraction of sp³-hybridized carbons (Fsp3) is 0.917. The average Bonchev–Trinajstić information content (AvgIpc) is 2.24. The van der Waals surface area contributed by atoms with Crippen molar-refractivity contribution in [3.05, 3.63) is 0 Å². The van der Waals surface area contributed by atoms with Crippen molar-refractivity contribution in [1.29, 1.82) is 0 Å². The van der Waals surface area contributed by atoms with Crippen LogP contribution >= 0.6 is 0 Å². The number of aldehydes is 1. The molecule has 2 heteroatoms. The maximum Gasteiger partial charge on any atom is 0.119 e. The van der Waals surface area contributed by atoms with Crippen molar-refractivity contribution in [2.75, 3.05) is 0 Å². The van der Waals surface area contributed by atoms with Crippen LogP contribution in [0.1, 0.15) is 65.7 Å². The van der Waals surface area contributed by atoms with Crippen molar-refractivity contribution in [2.24, 2.45) is 0 Å². The number of aliphatic hydroxyl groups excluding tert-OH is 1. The van der Waals surface area contributed by atoms with Gasteiger partial charge in [0.05, 0.1) is 6.10 Å². The van der Waals surface area contributed by atoms with E-state index in [0.717, 1.165) is 19.1 Å². The SMILES string of the molecule is CCC=O.CCCCCCC(O)CC. The molecule has 0 aliphatic carbocycles. The lowest BCUT2D eigenvalue weighted by molar-refractivity contribution is -0.107. The maximum absolute atomic E-state index is 9.17. The van der Waals surface area contributed by atoms with Crippen LogP contribution in [0.4, 0.5) is 0 Å². The molecule has 86 valence electrons. The van der Waals surface area contributed by atoms with E-state index in [1.807, 2.05) is 13.8 Å². The van der Waals surface area contributed by atoms with Gasteiger partial charge in [-0.15, -0.1) is 0 Å². The minimum absolute atomic E-state index is 0.0446. The second kappa shape index (κ2) is 15.1. The molecule has 0 aromatic heterocycles. The first kappa shape index (κ1) is 16.1. The lowest BCUT2D eigenvalue weighted by atomic mass is 10.1. The zero-order valence-electron chi connectivity index (χ0n) is 9.96. The van der Waals surface area contributed by atoms with Gasteiger partial charge in [0.15, 0.2) is 0 Å². The third-order valence-electron chi connectivity index (χ3n) is 2.03. The zero-order chi connectivity index (χ0) is 11.2. The number of hydrogen-bond donors (Lipinski definition) is 1. The van der Waals surface area contributed by atoms with E-state index >= 15 is 0 Å². The highest BCUT2D eigenvalue weighted by atomic mass is 16.3. The van der Waals surface area contributed by atoms with Crippen molar-refractivity contribution < 1.29 is 9.90 Å². The van der Waals surface area contributed by atoms with Crippen LogP contribution in [-0.4, -0.2) is 17.5 Å². The molecule has 1 atom stereocenters. The van der Waals surface area contributed by atoms with Crippen molar-refractivity contribution in [3.8, 4) is 0 Å².